The van der Waals surface area contributed by atoms with Crippen LogP contribution in [0.5, 0.6) is 0 Å². The summed E-state index contributed by atoms with van der Waals surface area (Å²) in [5, 5.41) is 11.2. The van der Waals surface area contributed by atoms with Crippen LogP contribution >= 0.6 is 0 Å². The fourth-order valence-electron chi connectivity index (χ4n) is 0.707. The van der Waals surface area contributed by atoms with Crippen LogP contribution in [0.3, 0.4) is 0 Å². The zero-order valence-corrected chi connectivity index (χ0v) is 8.54. The maximum Gasteiger partial charge on any atom is 0.332 e. The Labute approximate surface area is 83.4 Å². The van der Waals surface area contributed by atoms with E-state index in [1.165, 1.54) is 0 Å². The highest BCUT2D eigenvalue weighted by molar-refractivity contribution is 5.86. The number of nitrogens with one attached hydrogen (secondary N) is 1. The average molecular weight is 200 g/mol. The Morgan fingerprint density at radius 3 is 2.43 bits per heavy atom. The second-order valence-corrected chi connectivity index (χ2v) is 2.92. The predicted molar refractivity (Wildman–Crippen MR) is 53.0 cm³/mol. The lowest BCUT2D eigenvalue weighted by Crippen LogP contribution is -2.36. The molecule has 2 N–H and O–H groups in total. The summed E-state index contributed by atoms with van der Waals surface area (Å²) < 4.78 is 0. The van der Waals surface area contributed by atoms with Gasteiger partial charge in [0.05, 0.1) is 6.54 Å². The van der Waals surface area contributed by atoms with E-state index in [-0.39, 0.29) is 24.6 Å². The molecule has 0 unspecified atom stereocenters. The maximum absolute atomic E-state index is 11.2. The molecule has 1 amide bonds. The highest BCUT2D eigenvalue weighted by atomic mass is 16.4. The van der Waals surface area contributed by atoms with Crippen molar-refractivity contribution in [2.24, 2.45) is 0 Å². The first-order chi connectivity index (χ1) is 6.49. The molecule has 80 valence electrons. The third-order valence-electron chi connectivity index (χ3n) is 1.82. The van der Waals surface area contributed by atoms with Crippen LogP contribution in [0.25, 0.3) is 0 Å². The van der Waals surface area contributed by atoms with Crippen LogP contribution in [0.2, 0.25) is 0 Å². The summed E-state index contributed by atoms with van der Waals surface area (Å²) in [6.45, 7) is 6.10. The van der Waals surface area contributed by atoms with Gasteiger partial charge < -0.3 is 15.3 Å². The number of nitrogens with zero attached hydrogens (tertiary/aromatic N) is 1. The molecule has 14 heavy (non-hydrogen) atoms. The van der Waals surface area contributed by atoms with Gasteiger partial charge in [0, 0.05) is 25.7 Å². The van der Waals surface area contributed by atoms with E-state index in [0.717, 1.165) is 0 Å². The SMILES string of the molecule is C=C(CNCC(=O)N(C)CC)C(=O)O. The Morgan fingerprint density at radius 1 is 1.43 bits per heavy atom. The van der Waals surface area contributed by atoms with Gasteiger partial charge in [-0.25, -0.2) is 4.79 Å². The minimum atomic E-state index is -1.05. The van der Waals surface area contributed by atoms with E-state index in [0.29, 0.717) is 6.54 Å². The molecule has 0 aliphatic heterocycles. The van der Waals surface area contributed by atoms with Crippen LogP contribution in [0.4, 0.5) is 0 Å². The van der Waals surface area contributed by atoms with E-state index in [9.17, 15) is 9.59 Å². The summed E-state index contributed by atoms with van der Waals surface area (Å²) in [5.41, 5.74) is 0.0527. The third-order valence-corrected chi connectivity index (χ3v) is 1.82. The predicted octanol–water partition coefficient (Wildman–Crippen LogP) is -0.305. The molecule has 0 saturated heterocycles. The standard InChI is InChI=1S/C9H16N2O3/c1-4-11(3)8(12)6-10-5-7(2)9(13)14/h10H,2,4-6H2,1,3H3,(H,13,14). The van der Waals surface area contributed by atoms with Gasteiger partial charge in [-0.05, 0) is 6.92 Å². The van der Waals surface area contributed by atoms with Crippen molar-refractivity contribution in [1.29, 1.82) is 0 Å². The molecule has 0 aliphatic rings. The van der Waals surface area contributed by atoms with E-state index in [1.807, 2.05) is 6.92 Å². The molecule has 0 rings (SSSR count). The van der Waals surface area contributed by atoms with Gasteiger partial charge in [0.15, 0.2) is 0 Å². The zero-order chi connectivity index (χ0) is 11.1. The number of carboxylic acid groups (broad SMARTS) is 1. The summed E-state index contributed by atoms with van der Waals surface area (Å²) >= 11 is 0. The second-order valence-electron chi connectivity index (χ2n) is 2.92. The van der Waals surface area contributed by atoms with Crippen molar-refractivity contribution < 1.29 is 14.7 Å². The quantitative estimate of drug-likeness (QED) is 0.577. The third kappa shape index (κ3) is 4.61. The molecule has 0 aliphatic carbocycles. The van der Waals surface area contributed by atoms with Gasteiger partial charge >= 0.3 is 5.97 Å². The summed E-state index contributed by atoms with van der Waals surface area (Å²) in [5.74, 6) is -1.11. The van der Waals surface area contributed by atoms with Crippen molar-refractivity contribution in [3.8, 4) is 0 Å². The minimum Gasteiger partial charge on any atom is -0.478 e. The van der Waals surface area contributed by atoms with Crippen molar-refractivity contribution in [3.05, 3.63) is 12.2 Å². The lowest BCUT2D eigenvalue weighted by molar-refractivity contribution is -0.133. The number of carbonyl (C=O) groups is 2. The monoisotopic (exact) mass is 200 g/mol. The van der Waals surface area contributed by atoms with Crippen molar-refractivity contribution in [2.75, 3.05) is 26.7 Å². The number of hydrogen-bond acceptors (Lipinski definition) is 3. The van der Waals surface area contributed by atoms with Crippen LogP contribution in [0.1, 0.15) is 6.92 Å². The average Bonchev–Trinajstić information content (AvgIpc) is 2.15. The number of likely N-dealkylation sites (N-methyl/N-ethyl adjacent to an activating group) is 1. The van der Waals surface area contributed by atoms with E-state index >= 15 is 0 Å². The molecule has 5 nitrogen and oxygen atoms in total. The van der Waals surface area contributed by atoms with Crippen LogP contribution in [-0.4, -0.2) is 48.6 Å². The highest BCUT2D eigenvalue weighted by Gasteiger charge is 2.07. The Bertz CT molecular complexity index is 238. The summed E-state index contributed by atoms with van der Waals surface area (Å²) in [6.07, 6.45) is 0. The largest absolute Gasteiger partial charge is 0.478 e. The highest BCUT2D eigenvalue weighted by Crippen LogP contribution is 1.87. The number of rotatable bonds is 6. The van der Waals surface area contributed by atoms with Gasteiger partial charge in [0.2, 0.25) is 5.91 Å². The van der Waals surface area contributed by atoms with Gasteiger partial charge in [0.25, 0.3) is 0 Å². The summed E-state index contributed by atoms with van der Waals surface area (Å²) in [7, 11) is 1.69. The first-order valence-electron chi connectivity index (χ1n) is 4.34. The molecule has 0 aromatic rings. The molecule has 0 aromatic heterocycles. The van der Waals surface area contributed by atoms with Crippen molar-refractivity contribution >= 4 is 11.9 Å². The normalized spacial score (nSPS) is 9.57. The Hall–Kier alpha value is -1.36. The molecule has 0 fully saturated rings. The summed E-state index contributed by atoms with van der Waals surface area (Å²) in [6, 6.07) is 0. The smallest absolute Gasteiger partial charge is 0.332 e. The number of amides is 1. The topological polar surface area (TPSA) is 69.6 Å². The Kier molecular flexibility index (Phi) is 5.55. The van der Waals surface area contributed by atoms with Gasteiger partial charge in [-0.3, -0.25) is 4.79 Å². The fraction of sp³-hybridized carbons (Fsp3) is 0.556. The number of carbonyl (C=O) groups excluding carboxylic acids is 1. The molecule has 0 bridgehead atoms. The van der Waals surface area contributed by atoms with Crippen LogP contribution in [0.15, 0.2) is 12.2 Å². The molecule has 0 spiro atoms. The first kappa shape index (κ1) is 12.6. The lowest BCUT2D eigenvalue weighted by Gasteiger charge is -2.14. The van der Waals surface area contributed by atoms with Crippen LogP contribution < -0.4 is 5.32 Å². The summed E-state index contributed by atoms with van der Waals surface area (Å²) in [4.78, 5) is 23.1. The van der Waals surface area contributed by atoms with E-state index < -0.39 is 5.97 Å². The van der Waals surface area contributed by atoms with Gasteiger partial charge in [0.1, 0.15) is 0 Å². The van der Waals surface area contributed by atoms with Crippen molar-refractivity contribution in [1.82, 2.24) is 10.2 Å². The van der Waals surface area contributed by atoms with Crippen LogP contribution in [-0.2, 0) is 9.59 Å². The number of aliphatic carboxylic acids is 1. The molecule has 5 heteroatoms. The second kappa shape index (κ2) is 6.15. The van der Waals surface area contributed by atoms with E-state index in [2.05, 4.69) is 11.9 Å². The van der Waals surface area contributed by atoms with Gasteiger partial charge in [-0.15, -0.1) is 0 Å². The number of carboxylic acids is 1. The van der Waals surface area contributed by atoms with Crippen LogP contribution in [0, 0.1) is 0 Å². The zero-order valence-electron chi connectivity index (χ0n) is 8.54. The molecule has 0 saturated carbocycles. The maximum atomic E-state index is 11.2. The minimum absolute atomic E-state index is 0.0527. The Morgan fingerprint density at radius 2 is 2.00 bits per heavy atom. The molecular weight excluding hydrogens is 184 g/mol. The molecule has 0 aromatic carbocycles. The van der Waals surface area contributed by atoms with E-state index in [1.54, 1.807) is 11.9 Å². The lowest BCUT2D eigenvalue weighted by atomic mass is 10.3. The van der Waals surface area contributed by atoms with Crippen molar-refractivity contribution in [2.45, 2.75) is 6.92 Å². The first-order valence-corrected chi connectivity index (χ1v) is 4.34. The Balaban J connectivity index is 3.70. The van der Waals surface area contributed by atoms with Gasteiger partial charge in [-0.1, -0.05) is 6.58 Å². The molecule has 0 atom stereocenters. The molecule has 0 heterocycles. The van der Waals surface area contributed by atoms with E-state index in [4.69, 9.17) is 5.11 Å². The molecular formula is C9H16N2O3. The molecule has 0 radical (unpaired) electrons. The number of hydrogen-bond donors (Lipinski definition) is 2. The fourth-order valence-corrected chi connectivity index (χ4v) is 0.707. The van der Waals surface area contributed by atoms with Crippen molar-refractivity contribution in [3.63, 3.8) is 0 Å². The van der Waals surface area contributed by atoms with Gasteiger partial charge in [-0.2, -0.15) is 0 Å².